The molecule has 0 aliphatic carbocycles. The maximum absolute atomic E-state index is 12.2. The Labute approximate surface area is 107 Å². The van der Waals surface area contributed by atoms with Gasteiger partial charge in [0.25, 0.3) is 0 Å². The lowest BCUT2D eigenvalue weighted by atomic mass is 10.2. The molecule has 5 heteroatoms. The lowest BCUT2D eigenvalue weighted by molar-refractivity contribution is 1.02. The molecule has 0 spiro atoms. The fraction of sp³-hybridized carbons (Fsp3) is 0. The molecular weight excluding hydrogens is 240 g/mol. The van der Waals surface area contributed by atoms with Crippen molar-refractivity contribution in [1.82, 2.24) is 19.5 Å². The van der Waals surface area contributed by atoms with Crippen LogP contribution in [0.2, 0.25) is 0 Å². The van der Waals surface area contributed by atoms with Gasteiger partial charge in [0.1, 0.15) is 5.65 Å². The topological polar surface area (TPSA) is 66.5 Å². The lowest BCUT2D eigenvalue weighted by Gasteiger charge is -2.03. The molecule has 4 aromatic rings. The lowest BCUT2D eigenvalue weighted by Crippen LogP contribution is -2.14. The number of para-hydroxylation sites is 1. The number of benzene rings is 1. The van der Waals surface area contributed by atoms with Crippen LogP contribution in [0.25, 0.3) is 27.8 Å². The molecule has 0 aliphatic heterocycles. The Kier molecular flexibility index (Phi) is 1.91. The van der Waals surface area contributed by atoms with Gasteiger partial charge >= 0.3 is 5.69 Å². The second-order valence-electron chi connectivity index (χ2n) is 4.36. The van der Waals surface area contributed by atoms with Crippen LogP contribution in [-0.2, 0) is 0 Å². The van der Waals surface area contributed by atoms with Crippen LogP contribution in [-0.4, -0.2) is 19.5 Å². The number of aromatic amines is 2. The third-order valence-corrected chi connectivity index (χ3v) is 3.24. The minimum Gasteiger partial charge on any atom is -0.346 e. The summed E-state index contributed by atoms with van der Waals surface area (Å²) in [6.07, 6.45) is 3.50. The van der Waals surface area contributed by atoms with E-state index in [4.69, 9.17) is 0 Å². The number of nitrogens with one attached hydrogen (secondary N) is 2. The van der Waals surface area contributed by atoms with E-state index < -0.39 is 0 Å². The first-order valence-corrected chi connectivity index (χ1v) is 5.97. The molecule has 0 saturated heterocycles. The molecule has 0 aliphatic rings. The van der Waals surface area contributed by atoms with Crippen molar-refractivity contribution in [3.8, 4) is 5.69 Å². The third kappa shape index (κ3) is 1.35. The van der Waals surface area contributed by atoms with Crippen LogP contribution in [0.5, 0.6) is 0 Å². The molecular formula is C14H10N4O. The van der Waals surface area contributed by atoms with Crippen LogP contribution in [0, 0.1) is 0 Å². The quantitative estimate of drug-likeness (QED) is 0.544. The van der Waals surface area contributed by atoms with E-state index in [1.54, 1.807) is 10.8 Å². The van der Waals surface area contributed by atoms with Crippen molar-refractivity contribution in [2.45, 2.75) is 0 Å². The van der Waals surface area contributed by atoms with E-state index in [0.717, 1.165) is 27.8 Å². The highest BCUT2D eigenvalue weighted by atomic mass is 16.1. The molecule has 0 fully saturated rings. The van der Waals surface area contributed by atoms with Gasteiger partial charge in [0, 0.05) is 11.6 Å². The first-order chi connectivity index (χ1) is 9.34. The van der Waals surface area contributed by atoms with Gasteiger partial charge < -0.3 is 9.97 Å². The highest BCUT2D eigenvalue weighted by Gasteiger charge is 2.12. The summed E-state index contributed by atoms with van der Waals surface area (Å²) in [4.78, 5) is 22.4. The number of hydrogen-bond acceptors (Lipinski definition) is 2. The number of H-pyrrole nitrogens is 2. The normalized spacial score (nSPS) is 11.4. The Balaban J connectivity index is 2.23. The van der Waals surface area contributed by atoms with Gasteiger partial charge in [0.2, 0.25) is 0 Å². The zero-order valence-corrected chi connectivity index (χ0v) is 9.92. The van der Waals surface area contributed by atoms with Gasteiger partial charge in [-0.25, -0.2) is 9.78 Å². The van der Waals surface area contributed by atoms with Gasteiger partial charge in [-0.05, 0) is 18.2 Å². The monoisotopic (exact) mass is 250 g/mol. The molecule has 0 unspecified atom stereocenters. The van der Waals surface area contributed by atoms with E-state index in [2.05, 4.69) is 15.0 Å². The fourth-order valence-electron chi connectivity index (χ4n) is 2.42. The number of fused-ring (bicyclic) bond motifs is 3. The average molecular weight is 250 g/mol. The summed E-state index contributed by atoms with van der Waals surface area (Å²) >= 11 is 0. The summed E-state index contributed by atoms with van der Waals surface area (Å²) in [7, 11) is 0. The highest BCUT2D eigenvalue weighted by molar-refractivity contribution is 6.01. The summed E-state index contributed by atoms with van der Waals surface area (Å²) < 4.78 is 1.67. The molecule has 92 valence electrons. The predicted molar refractivity (Wildman–Crippen MR) is 73.5 cm³/mol. The number of imidazole rings is 1. The molecule has 0 atom stereocenters. The Bertz CT molecular complexity index is 930. The summed E-state index contributed by atoms with van der Waals surface area (Å²) in [6, 6.07) is 11.5. The van der Waals surface area contributed by atoms with E-state index in [9.17, 15) is 4.79 Å². The van der Waals surface area contributed by atoms with E-state index in [0.29, 0.717) is 0 Å². The molecule has 2 N–H and O–H groups in total. The predicted octanol–water partition coefficient (Wildman–Crippen LogP) is 2.20. The van der Waals surface area contributed by atoms with Crippen molar-refractivity contribution in [3.05, 3.63) is 59.3 Å². The Hall–Kier alpha value is -2.82. The average Bonchev–Trinajstić information content (AvgIpc) is 3.02. The molecule has 5 nitrogen and oxygen atoms in total. The minimum absolute atomic E-state index is 0.156. The summed E-state index contributed by atoms with van der Waals surface area (Å²) in [5.74, 6) is 0. The number of nitrogens with zero attached hydrogens (tertiary/aromatic N) is 2. The largest absolute Gasteiger partial charge is 0.346 e. The van der Waals surface area contributed by atoms with E-state index >= 15 is 0 Å². The molecule has 0 saturated carbocycles. The van der Waals surface area contributed by atoms with E-state index in [1.165, 1.54) is 0 Å². The Morgan fingerprint density at radius 2 is 1.95 bits per heavy atom. The van der Waals surface area contributed by atoms with Crippen molar-refractivity contribution in [2.75, 3.05) is 0 Å². The maximum atomic E-state index is 12.2. The zero-order chi connectivity index (χ0) is 12.8. The standard InChI is InChI=1S/C14H10N4O/c19-14-17-11-8-16-13-10(6-7-15-13)12(11)18(14)9-4-2-1-3-5-9/h1-8H,(H,15,16)(H,17,19). The first-order valence-electron chi connectivity index (χ1n) is 5.97. The summed E-state index contributed by atoms with van der Waals surface area (Å²) in [5.41, 5.74) is 3.05. The molecule has 0 radical (unpaired) electrons. The van der Waals surface area contributed by atoms with Gasteiger partial charge in [-0.15, -0.1) is 0 Å². The number of pyridine rings is 1. The van der Waals surface area contributed by atoms with Crippen molar-refractivity contribution in [2.24, 2.45) is 0 Å². The van der Waals surface area contributed by atoms with Gasteiger partial charge in [-0.1, -0.05) is 18.2 Å². The smallest absolute Gasteiger partial charge is 0.331 e. The molecule has 4 rings (SSSR count). The second-order valence-corrected chi connectivity index (χ2v) is 4.36. The van der Waals surface area contributed by atoms with Crippen molar-refractivity contribution >= 4 is 22.1 Å². The van der Waals surface area contributed by atoms with E-state index in [-0.39, 0.29) is 5.69 Å². The van der Waals surface area contributed by atoms with Crippen LogP contribution >= 0.6 is 0 Å². The Morgan fingerprint density at radius 3 is 2.79 bits per heavy atom. The molecule has 1 aromatic carbocycles. The van der Waals surface area contributed by atoms with Crippen LogP contribution in [0.1, 0.15) is 0 Å². The highest BCUT2D eigenvalue weighted by Crippen LogP contribution is 2.22. The third-order valence-electron chi connectivity index (χ3n) is 3.24. The van der Waals surface area contributed by atoms with Crippen LogP contribution in [0.15, 0.2) is 53.6 Å². The summed E-state index contributed by atoms with van der Waals surface area (Å²) in [5, 5.41) is 0.930. The first kappa shape index (κ1) is 10.1. The van der Waals surface area contributed by atoms with Gasteiger partial charge in [-0.3, -0.25) is 4.57 Å². The van der Waals surface area contributed by atoms with E-state index in [1.807, 2.05) is 42.6 Å². The molecule has 3 aromatic heterocycles. The Morgan fingerprint density at radius 1 is 1.11 bits per heavy atom. The summed E-state index contributed by atoms with van der Waals surface area (Å²) in [6.45, 7) is 0. The fourth-order valence-corrected chi connectivity index (χ4v) is 2.42. The SMILES string of the molecule is O=c1[nH]c2cnc3[nH]ccc3c2n1-c1ccccc1. The number of hydrogen-bond donors (Lipinski definition) is 2. The van der Waals surface area contributed by atoms with Crippen molar-refractivity contribution in [1.29, 1.82) is 0 Å². The zero-order valence-electron chi connectivity index (χ0n) is 9.92. The van der Waals surface area contributed by atoms with Crippen LogP contribution in [0.4, 0.5) is 0 Å². The molecule has 0 amide bonds. The van der Waals surface area contributed by atoms with Gasteiger partial charge in [0.05, 0.1) is 22.9 Å². The molecule has 0 bridgehead atoms. The second kappa shape index (κ2) is 3.58. The van der Waals surface area contributed by atoms with Crippen LogP contribution in [0.3, 0.4) is 0 Å². The van der Waals surface area contributed by atoms with Gasteiger partial charge in [0.15, 0.2) is 0 Å². The van der Waals surface area contributed by atoms with Crippen molar-refractivity contribution < 1.29 is 0 Å². The van der Waals surface area contributed by atoms with Gasteiger partial charge in [-0.2, -0.15) is 0 Å². The van der Waals surface area contributed by atoms with Crippen LogP contribution < -0.4 is 5.69 Å². The maximum Gasteiger partial charge on any atom is 0.331 e. The molecule has 3 heterocycles. The minimum atomic E-state index is -0.156. The van der Waals surface area contributed by atoms with Crippen molar-refractivity contribution in [3.63, 3.8) is 0 Å². The number of aromatic nitrogens is 4. The number of rotatable bonds is 1. The molecule has 19 heavy (non-hydrogen) atoms.